The van der Waals surface area contributed by atoms with E-state index in [-0.39, 0.29) is 6.04 Å². The Morgan fingerprint density at radius 1 is 1.62 bits per heavy atom. The van der Waals surface area contributed by atoms with Crippen LogP contribution in [0.1, 0.15) is 12.8 Å². The van der Waals surface area contributed by atoms with Crippen molar-refractivity contribution in [3.63, 3.8) is 0 Å². The van der Waals surface area contributed by atoms with E-state index >= 15 is 0 Å². The molecule has 2 N–H and O–H groups in total. The van der Waals surface area contributed by atoms with E-state index in [1.54, 1.807) is 6.20 Å². The molecule has 86 valence electrons. The van der Waals surface area contributed by atoms with Gasteiger partial charge in [-0.05, 0) is 25.0 Å². The molecule has 2 rings (SSSR count). The maximum Gasteiger partial charge on any atom is 0.407 e. The van der Waals surface area contributed by atoms with Crippen LogP contribution in [-0.2, 0) is 0 Å². The molecule has 1 unspecified atom stereocenters. The lowest BCUT2D eigenvalue weighted by Crippen LogP contribution is -2.38. The molecular formula is C11H15N3O2. The fourth-order valence-corrected chi connectivity index (χ4v) is 1.99. The first kappa shape index (κ1) is 10.7. The van der Waals surface area contributed by atoms with Crippen LogP contribution >= 0.6 is 0 Å². The van der Waals surface area contributed by atoms with Gasteiger partial charge in [-0.3, -0.25) is 0 Å². The second-order valence-electron chi connectivity index (χ2n) is 3.87. The third kappa shape index (κ3) is 2.42. The van der Waals surface area contributed by atoms with Crippen LogP contribution in [0, 0.1) is 0 Å². The summed E-state index contributed by atoms with van der Waals surface area (Å²) in [5.74, 6) is 0.791. The largest absolute Gasteiger partial charge is 0.465 e. The van der Waals surface area contributed by atoms with E-state index in [1.165, 1.54) is 4.90 Å². The summed E-state index contributed by atoms with van der Waals surface area (Å²) >= 11 is 0. The molecule has 1 atom stereocenters. The predicted molar refractivity (Wildman–Crippen MR) is 60.5 cm³/mol. The number of amides is 1. The molecule has 1 saturated heterocycles. The Morgan fingerprint density at radius 3 is 3.19 bits per heavy atom. The van der Waals surface area contributed by atoms with Gasteiger partial charge in [-0.15, -0.1) is 0 Å². The van der Waals surface area contributed by atoms with Crippen LogP contribution in [0.5, 0.6) is 0 Å². The average Bonchev–Trinajstić information content (AvgIpc) is 2.76. The topological polar surface area (TPSA) is 65.5 Å². The highest BCUT2D eigenvalue weighted by molar-refractivity contribution is 5.65. The molecule has 5 heteroatoms. The van der Waals surface area contributed by atoms with E-state index in [0.29, 0.717) is 13.1 Å². The first-order valence-corrected chi connectivity index (χ1v) is 5.42. The van der Waals surface area contributed by atoms with Gasteiger partial charge in [-0.25, -0.2) is 9.78 Å². The zero-order chi connectivity index (χ0) is 11.4. The van der Waals surface area contributed by atoms with Gasteiger partial charge < -0.3 is 15.3 Å². The highest BCUT2D eigenvalue weighted by Crippen LogP contribution is 2.17. The summed E-state index contributed by atoms with van der Waals surface area (Å²) in [5, 5.41) is 12.1. The van der Waals surface area contributed by atoms with Gasteiger partial charge in [0.1, 0.15) is 5.82 Å². The molecule has 1 amide bonds. The summed E-state index contributed by atoms with van der Waals surface area (Å²) < 4.78 is 0. The molecule has 1 fully saturated rings. The van der Waals surface area contributed by atoms with Gasteiger partial charge in [-0.1, -0.05) is 6.07 Å². The summed E-state index contributed by atoms with van der Waals surface area (Å²) in [6.45, 7) is 1.27. The molecule has 0 aliphatic carbocycles. The molecule has 16 heavy (non-hydrogen) atoms. The van der Waals surface area contributed by atoms with Crippen molar-refractivity contribution in [1.82, 2.24) is 9.88 Å². The number of anilines is 1. The van der Waals surface area contributed by atoms with E-state index in [0.717, 1.165) is 18.7 Å². The molecule has 0 spiro atoms. The molecule has 0 bridgehead atoms. The Bertz CT molecular complexity index is 356. The smallest absolute Gasteiger partial charge is 0.407 e. The van der Waals surface area contributed by atoms with E-state index in [2.05, 4.69) is 10.3 Å². The number of aromatic nitrogens is 1. The molecule has 1 aliphatic rings. The van der Waals surface area contributed by atoms with Crippen molar-refractivity contribution in [2.24, 2.45) is 0 Å². The van der Waals surface area contributed by atoms with E-state index in [4.69, 9.17) is 5.11 Å². The minimum atomic E-state index is -0.828. The van der Waals surface area contributed by atoms with Crippen molar-refractivity contribution >= 4 is 11.9 Å². The number of hydrogen-bond acceptors (Lipinski definition) is 3. The first-order valence-electron chi connectivity index (χ1n) is 5.42. The van der Waals surface area contributed by atoms with Gasteiger partial charge in [-0.2, -0.15) is 0 Å². The number of hydrogen-bond donors (Lipinski definition) is 2. The summed E-state index contributed by atoms with van der Waals surface area (Å²) in [6.07, 6.45) is 2.75. The summed E-state index contributed by atoms with van der Waals surface area (Å²) in [4.78, 5) is 16.5. The minimum Gasteiger partial charge on any atom is -0.465 e. The normalized spacial score (nSPS) is 19.8. The Kier molecular flexibility index (Phi) is 3.24. The zero-order valence-electron chi connectivity index (χ0n) is 8.97. The second kappa shape index (κ2) is 4.83. The number of nitrogens with one attached hydrogen (secondary N) is 1. The molecule has 1 aromatic rings. The van der Waals surface area contributed by atoms with Gasteiger partial charge in [0, 0.05) is 19.3 Å². The van der Waals surface area contributed by atoms with Crippen LogP contribution in [-0.4, -0.2) is 40.2 Å². The summed E-state index contributed by atoms with van der Waals surface area (Å²) in [5.41, 5.74) is 0. The maximum atomic E-state index is 10.9. The van der Waals surface area contributed by atoms with Crippen molar-refractivity contribution in [2.45, 2.75) is 18.9 Å². The molecule has 0 saturated carbocycles. The van der Waals surface area contributed by atoms with Crippen molar-refractivity contribution < 1.29 is 9.90 Å². The number of nitrogens with zero attached hydrogens (tertiary/aromatic N) is 2. The van der Waals surface area contributed by atoms with Crippen LogP contribution in [0.25, 0.3) is 0 Å². The molecule has 5 nitrogen and oxygen atoms in total. The highest BCUT2D eigenvalue weighted by Gasteiger charge is 2.27. The molecular weight excluding hydrogens is 206 g/mol. The predicted octanol–water partition coefficient (Wildman–Crippen LogP) is 1.64. The maximum absolute atomic E-state index is 10.9. The lowest BCUT2D eigenvalue weighted by molar-refractivity contribution is 0.142. The van der Waals surface area contributed by atoms with Crippen molar-refractivity contribution in [3.8, 4) is 0 Å². The van der Waals surface area contributed by atoms with Gasteiger partial charge in [0.25, 0.3) is 0 Å². The van der Waals surface area contributed by atoms with E-state index < -0.39 is 6.09 Å². The third-order valence-corrected chi connectivity index (χ3v) is 2.81. The van der Waals surface area contributed by atoms with Crippen molar-refractivity contribution in [3.05, 3.63) is 24.4 Å². The van der Waals surface area contributed by atoms with Gasteiger partial charge in [0.2, 0.25) is 0 Å². The fraction of sp³-hybridized carbons (Fsp3) is 0.455. The minimum absolute atomic E-state index is 0.0690. The van der Waals surface area contributed by atoms with Crippen molar-refractivity contribution in [1.29, 1.82) is 0 Å². The number of rotatable bonds is 3. The van der Waals surface area contributed by atoms with Gasteiger partial charge in [0.05, 0.1) is 6.04 Å². The van der Waals surface area contributed by atoms with Gasteiger partial charge in [0.15, 0.2) is 0 Å². The lowest BCUT2D eigenvalue weighted by Gasteiger charge is -2.21. The Hall–Kier alpha value is -1.78. The van der Waals surface area contributed by atoms with Crippen LogP contribution < -0.4 is 5.32 Å². The second-order valence-corrected chi connectivity index (χ2v) is 3.87. The Balaban J connectivity index is 1.88. The van der Waals surface area contributed by atoms with Crippen LogP contribution in [0.15, 0.2) is 24.4 Å². The summed E-state index contributed by atoms with van der Waals surface area (Å²) in [6, 6.07) is 5.70. The Morgan fingerprint density at radius 2 is 2.50 bits per heavy atom. The molecule has 0 radical (unpaired) electrons. The number of pyridine rings is 1. The standard InChI is InChI=1S/C11H15N3O2/c15-11(16)14-7-3-4-9(14)8-13-10-5-1-2-6-12-10/h1-2,5-6,9H,3-4,7-8H2,(H,12,13)(H,15,16). The van der Waals surface area contributed by atoms with Gasteiger partial charge >= 0.3 is 6.09 Å². The summed E-state index contributed by atoms with van der Waals surface area (Å²) in [7, 11) is 0. The first-order chi connectivity index (χ1) is 7.77. The average molecular weight is 221 g/mol. The number of carboxylic acid groups (broad SMARTS) is 1. The number of likely N-dealkylation sites (tertiary alicyclic amines) is 1. The Labute approximate surface area is 94.1 Å². The molecule has 1 aliphatic heterocycles. The third-order valence-electron chi connectivity index (χ3n) is 2.81. The van der Waals surface area contributed by atoms with Crippen molar-refractivity contribution in [2.75, 3.05) is 18.4 Å². The van der Waals surface area contributed by atoms with E-state index in [1.807, 2.05) is 18.2 Å². The monoisotopic (exact) mass is 221 g/mol. The van der Waals surface area contributed by atoms with Crippen LogP contribution in [0.4, 0.5) is 10.6 Å². The molecule has 2 heterocycles. The lowest BCUT2D eigenvalue weighted by atomic mass is 10.2. The molecule has 0 aromatic carbocycles. The quantitative estimate of drug-likeness (QED) is 0.814. The fourth-order valence-electron chi connectivity index (χ4n) is 1.99. The highest BCUT2D eigenvalue weighted by atomic mass is 16.4. The zero-order valence-corrected chi connectivity index (χ0v) is 8.97. The van der Waals surface area contributed by atoms with Crippen LogP contribution in [0.3, 0.4) is 0 Å². The SMILES string of the molecule is O=C(O)N1CCCC1CNc1ccccn1. The van der Waals surface area contributed by atoms with Crippen LogP contribution in [0.2, 0.25) is 0 Å². The molecule has 1 aromatic heterocycles. The van der Waals surface area contributed by atoms with E-state index in [9.17, 15) is 4.79 Å². The number of carbonyl (C=O) groups is 1.